The van der Waals surface area contributed by atoms with Crippen molar-refractivity contribution < 1.29 is 9.90 Å². The second-order valence-corrected chi connectivity index (χ2v) is 12.8. The summed E-state index contributed by atoms with van der Waals surface area (Å²) in [7, 11) is 0. The molecule has 0 spiro atoms. The zero-order chi connectivity index (χ0) is 28.8. The van der Waals surface area contributed by atoms with Crippen LogP contribution >= 0.6 is 34.3 Å². The van der Waals surface area contributed by atoms with Crippen LogP contribution < -0.4 is 4.90 Å². The minimum Gasteiger partial charge on any atom is -0.510 e. The van der Waals surface area contributed by atoms with Gasteiger partial charge < -0.3 is 14.9 Å². The van der Waals surface area contributed by atoms with Gasteiger partial charge in [0.1, 0.15) is 16.6 Å². The lowest BCUT2D eigenvalue weighted by Crippen LogP contribution is -2.38. The maximum absolute atomic E-state index is 13.5. The molecular weight excluding hydrogens is 586 g/mol. The highest BCUT2D eigenvalue weighted by molar-refractivity contribution is 7.19. The van der Waals surface area contributed by atoms with Crippen LogP contribution in [0.15, 0.2) is 83.9 Å². The molecule has 0 radical (unpaired) electrons. The third-order valence-corrected chi connectivity index (χ3v) is 10.1. The van der Waals surface area contributed by atoms with Crippen molar-refractivity contribution >= 4 is 67.5 Å². The molecule has 5 aromatic rings. The van der Waals surface area contributed by atoms with Gasteiger partial charge in [0.05, 0.1) is 33.0 Å². The molecule has 7 rings (SSSR count). The van der Waals surface area contributed by atoms with Gasteiger partial charge in [-0.1, -0.05) is 41.9 Å². The first kappa shape index (κ1) is 26.8. The molecule has 42 heavy (non-hydrogen) atoms. The van der Waals surface area contributed by atoms with Crippen LogP contribution in [0.25, 0.3) is 27.0 Å². The number of amides is 1. The highest BCUT2D eigenvalue weighted by Gasteiger charge is 2.32. The monoisotopic (exact) mass is 611 g/mol. The van der Waals surface area contributed by atoms with Crippen LogP contribution in [0.2, 0.25) is 5.02 Å². The van der Waals surface area contributed by atoms with E-state index in [-0.39, 0.29) is 24.0 Å². The van der Waals surface area contributed by atoms with E-state index in [2.05, 4.69) is 10.4 Å². The van der Waals surface area contributed by atoms with E-state index in [1.54, 1.807) is 16.2 Å². The molecule has 210 valence electrons. The van der Waals surface area contributed by atoms with Crippen molar-refractivity contribution in [3.63, 3.8) is 0 Å². The Morgan fingerprint density at radius 3 is 2.57 bits per heavy atom. The molecule has 1 fully saturated rings. The van der Waals surface area contributed by atoms with Gasteiger partial charge in [0.25, 0.3) is 5.91 Å². The topological polar surface area (TPSA) is 93.4 Å². The van der Waals surface area contributed by atoms with Crippen molar-refractivity contribution in [1.82, 2.24) is 14.9 Å². The third-order valence-electron chi connectivity index (χ3n) is 7.81. The average Bonchev–Trinajstić information content (AvgIpc) is 3.74. The van der Waals surface area contributed by atoms with Gasteiger partial charge in [-0.15, -0.1) is 22.7 Å². The van der Waals surface area contributed by atoms with E-state index in [1.807, 2.05) is 77.7 Å². The zero-order valence-electron chi connectivity index (χ0n) is 22.5. The van der Waals surface area contributed by atoms with E-state index >= 15 is 0 Å². The van der Waals surface area contributed by atoms with Crippen LogP contribution in [0.3, 0.4) is 0 Å². The number of anilines is 1. The summed E-state index contributed by atoms with van der Waals surface area (Å²) in [5, 5.41) is 24.2. The number of thiazole rings is 2. The molecule has 0 unspecified atom stereocenters. The number of aromatic nitrogens is 2. The predicted molar refractivity (Wildman–Crippen MR) is 171 cm³/mol. The number of halogens is 1. The quantitative estimate of drug-likeness (QED) is 0.211. The Hall–Kier alpha value is -4.05. The molecule has 2 aromatic heterocycles. The first-order valence-corrected chi connectivity index (χ1v) is 15.8. The van der Waals surface area contributed by atoms with Crippen molar-refractivity contribution in [2.75, 3.05) is 24.5 Å². The second-order valence-electron chi connectivity index (χ2n) is 10.4. The van der Waals surface area contributed by atoms with Crippen LogP contribution in [0.5, 0.6) is 0 Å². The largest absolute Gasteiger partial charge is 0.510 e. The summed E-state index contributed by atoms with van der Waals surface area (Å²) in [6, 6.07) is 22.9. The van der Waals surface area contributed by atoms with E-state index in [1.165, 1.54) is 11.3 Å². The lowest BCUT2D eigenvalue weighted by atomic mass is 9.97. The van der Waals surface area contributed by atoms with Crippen molar-refractivity contribution in [2.24, 2.45) is 0 Å². The summed E-state index contributed by atoms with van der Waals surface area (Å²) in [5.41, 5.74) is 4.57. The molecule has 4 heterocycles. The number of benzene rings is 3. The summed E-state index contributed by atoms with van der Waals surface area (Å²) in [5.74, 6) is 0.592. The fraction of sp³-hybridized carbons (Fsp3) is 0.188. The Morgan fingerprint density at radius 2 is 1.79 bits per heavy atom. The Balaban J connectivity index is 1.02. The molecular formula is C32H26ClN5O2S2. The van der Waals surface area contributed by atoms with E-state index < -0.39 is 0 Å². The maximum atomic E-state index is 13.5. The van der Waals surface area contributed by atoms with Gasteiger partial charge >= 0.3 is 0 Å². The number of carbonyl (C=O) groups is 1. The van der Waals surface area contributed by atoms with Gasteiger partial charge in [-0.2, -0.15) is 0 Å². The van der Waals surface area contributed by atoms with Crippen LogP contribution in [0.1, 0.15) is 39.1 Å². The van der Waals surface area contributed by atoms with Gasteiger partial charge in [-0.25, -0.2) is 9.97 Å². The van der Waals surface area contributed by atoms with Crippen LogP contribution in [0.4, 0.5) is 5.69 Å². The maximum Gasteiger partial charge on any atom is 0.253 e. The van der Waals surface area contributed by atoms with E-state index in [9.17, 15) is 9.90 Å². The van der Waals surface area contributed by atoms with Gasteiger partial charge in [0.2, 0.25) is 0 Å². The molecule has 7 nitrogen and oxygen atoms in total. The Labute approximate surface area is 255 Å². The number of para-hydroxylation sites is 1. The summed E-state index contributed by atoms with van der Waals surface area (Å²) in [4.78, 5) is 26.7. The number of piperidine rings is 1. The first-order chi connectivity index (χ1) is 20.4. The van der Waals surface area contributed by atoms with Gasteiger partial charge in [-0.3, -0.25) is 10.2 Å². The number of nitrogens with zero attached hydrogens (tertiary/aromatic N) is 4. The average molecular weight is 612 g/mol. The van der Waals surface area contributed by atoms with Crippen LogP contribution in [-0.2, 0) is 0 Å². The van der Waals surface area contributed by atoms with Crippen LogP contribution in [-0.4, -0.2) is 51.4 Å². The number of aliphatic hydroxyl groups is 1. The number of aliphatic hydroxyl groups excluding tert-OH is 1. The summed E-state index contributed by atoms with van der Waals surface area (Å²) in [6.07, 6.45) is 1.72. The Morgan fingerprint density at radius 1 is 1.00 bits per heavy atom. The zero-order valence-corrected chi connectivity index (χ0v) is 24.8. The minimum absolute atomic E-state index is 0.0226. The van der Waals surface area contributed by atoms with Crippen molar-refractivity contribution in [2.45, 2.75) is 18.8 Å². The van der Waals surface area contributed by atoms with Crippen molar-refractivity contribution in [3.8, 4) is 11.3 Å². The lowest BCUT2D eigenvalue weighted by molar-refractivity contribution is 0.0713. The summed E-state index contributed by atoms with van der Waals surface area (Å²) < 4.78 is 1.01. The molecule has 0 atom stereocenters. The van der Waals surface area contributed by atoms with E-state index in [0.29, 0.717) is 45.9 Å². The molecule has 1 saturated heterocycles. The molecule has 3 aromatic carbocycles. The van der Waals surface area contributed by atoms with Crippen molar-refractivity contribution in [1.29, 1.82) is 5.41 Å². The number of rotatable bonds is 5. The Kier molecular flexibility index (Phi) is 7.01. The fourth-order valence-corrected chi connectivity index (χ4v) is 7.71. The van der Waals surface area contributed by atoms with Gasteiger partial charge in [0, 0.05) is 46.2 Å². The molecule has 1 amide bonds. The number of amidine groups is 1. The van der Waals surface area contributed by atoms with Crippen molar-refractivity contribution in [3.05, 3.63) is 105 Å². The number of hydrogen-bond donors (Lipinski definition) is 2. The number of likely N-dealkylation sites (tertiary alicyclic amines) is 1. The van der Waals surface area contributed by atoms with Gasteiger partial charge in [-0.05, 0) is 55.3 Å². The smallest absolute Gasteiger partial charge is 0.253 e. The SMILES string of the molecule is N=C1C(c2nc3ccccc3s2)=C(O)CN1c1cccc(C(=O)N2CCC(c3nc(-c4ccc(Cl)cc4)cs3)CC2)c1. The highest BCUT2D eigenvalue weighted by atomic mass is 35.5. The van der Waals surface area contributed by atoms with E-state index in [4.69, 9.17) is 22.0 Å². The Bertz CT molecular complexity index is 1820. The normalized spacial score (nSPS) is 16.2. The highest BCUT2D eigenvalue weighted by Crippen LogP contribution is 2.36. The standard InChI is InChI=1S/C32H26ClN5O2S2/c33-22-10-8-19(9-11-22)25-18-41-30(36-25)20-12-14-37(15-13-20)32(40)21-4-3-5-23(16-21)38-17-26(39)28(29(38)34)31-35-24-6-1-2-7-27(24)42-31/h1-11,16,18,20,34,39H,12-15,17H2. The third kappa shape index (κ3) is 4.98. The molecule has 2 N–H and O–H groups in total. The van der Waals surface area contributed by atoms with Crippen LogP contribution in [0, 0.1) is 5.41 Å². The second kappa shape index (κ2) is 11.0. The number of hydrogen-bond acceptors (Lipinski definition) is 7. The van der Waals surface area contributed by atoms with Gasteiger partial charge in [0.15, 0.2) is 0 Å². The molecule has 0 bridgehead atoms. The van der Waals surface area contributed by atoms with E-state index in [0.717, 1.165) is 39.3 Å². The molecule has 0 saturated carbocycles. The fourth-order valence-electron chi connectivity index (χ4n) is 5.55. The summed E-state index contributed by atoms with van der Waals surface area (Å²) >= 11 is 9.16. The molecule has 0 aliphatic carbocycles. The number of carbonyl (C=O) groups excluding carboxylic acids is 1. The molecule has 10 heteroatoms. The number of fused-ring (bicyclic) bond motifs is 1. The first-order valence-electron chi connectivity index (χ1n) is 13.7. The molecule has 2 aliphatic rings. The summed E-state index contributed by atoms with van der Waals surface area (Å²) in [6.45, 7) is 1.49. The number of nitrogens with one attached hydrogen (secondary N) is 1. The minimum atomic E-state index is -0.0226. The predicted octanol–water partition coefficient (Wildman–Crippen LogP) is 7.86. The molecule has 2 aliphatic heterocycles. The lowest BCUT2D eigenvalue weighted by Gasteiger charge is -2.31.